The van der Waals surface area contributed by atoms with Crippen LogP contribution < -0.4 is 5.43 Å². The van der Waals surface area contributed by atoms with Gasteiger partial charge in [0.2, 0.25) is 5.13 Å². The van der Waals surface area contributed by atoms with Crippen LogP contribution in [0, 0.1) is 5.92 Å². The van der Waals surface area contributed by atoms with Crippen LogP contribution in [0.1, 0.15) is 32.6 Å². The molecule has 0 saturated heterocycles. The number of aromatic nitrogens is 1. The molecule has 1 heterocycles. The zero-order valence-corrected chi connectivity index (χ0v) is 14.6. The number of anilines is 1. The van der Waals surface area contributed by atoms with Crippen LogP contribution in [0.4, 0.5) is 5.13 Å². The zero-order chi connectivity index (χ0) is 16.4. The Bertz CT molecular complexity index is 881. The first-order valence-electron chi connectivity index (χ1n) is 8.54. The smallest absolute Gasteiger partial charge is 0.203 e. The average Bonchev–Trinajstić information content (AvgIpc) is 3.09. The fourth-order valence-corrected chi connectivity index (χ4v) is 3.96. The van der Waals surface area contributed by atoms with Crippen LogP contribution in [0.15, 0.2) is 52.9 Å². The van der Waals surface area contributed by atoms with E-state index in [0.29, 0.717) is 0 Å². The molecule has 1 aromatic heterocycles. The Hall–Kier alpha value is -2.20. The van der Waals surface area contributed by atoms with Crippen LogP contribution in [0.5, 0.6) is 0 Å². The number of benzene rings is 2. The predicted molar refractivity (Wildman–Crippen MR) is 104 cm³/mol. The first kappa shape index (κ1) is 15.3. The van der Waals surface area contributed by atoms with E-state index in [4.69, 9.17) is 4.98 Å². The quantitative estimate of drug-likeness (QED) is 0.601. The number of hydrogen-bond donors (Lipinski definition) is 1. The summed E-state index contributed by atoms with van der Waals surface area (Å²) in [5.41, 5.74) is 6.59. The third kappa shape index (κ3) is 3.34. The van der Waals surface area contributed by atoms with E-state index in [-0.39, 0.29) is 0 Å². The SMILES string of the molecule is CC1CCC/C(=N\Nc2nc(-c3ccc4ccccc4c3)cs2)C1. The zero-order valence-electron chi connectivity index (χ0n) is 13.8. The first-order chi connectivity index (χ1) is 11.8. The third-order valence-corrected chi connectivity index (χ3v) is 5.35. The molecule has 0 radical (unpaired) electrons. The molecule has 1 atom stereocenters. The second kappa shape index (κ2) is 6.73. The third-order valence-electron chi connectivity index (χ3n) is 4.61. The van der Waals surface area contributed by atoms with E-state index < -0.39 is 0 Å². The van der Waals surface area contributed by atoms with Crippen molar-refractivity contribution < 1.29 is 0 Å². The molecule has 1 aliphatic carbocycles. The van der Waals surface area contributed by atoms with Gasteiger partial charge in [-0.2, -0.15) is 5.10 Å². The van der Waals surface area contributed by atoms with E-state index in [1.54, 1.807) is 11.3 Å². The number of hydrazone groups is 1. The lowest BCUT2D eigenvalue weighted by molar-refractivity contribution is 0.500. The van der Waals surface area contributed by atoms with Gasteiger partial charge in [-0.15, -0.1) is 11.3 Å². The fourth-order valence-electron chi connectivity index (χ4n) is 3.30. The van der Waals surface area contributed by atoms with Gasteiger partial charge in [0.25, 0.3) is 0 Å². The highest BCUT2D eigenvalue weighted by molar-refractivity contribution is 7.14. The van der Waals surface area contributed by atoms with Crippen molar-refractivity contribution >= 4 is 33.0 Å². The van der Waals surface area contributed by atoms with Crippen molar-refractivity contribution in [1.82, 2.24) is 4.98 Å². The maximum Gasteiger partial charge on any atom is 0.203 e. The average molecular weight is 335 g/mol. The van der Waals surface area contributed by atoms with Crippen LogP contribution in [-0.2, 0) is 0 Å². The van der Waals surface area contributed by atoms with Crippen molar-refractivity contribution in [3.05, 3.63) is 47.8 Å². The highest BCUT2D eigenvalue weighted by Gasteiger charge is 2.14. The molecule has 4 rings (SSSR count). The molecule has 0 bridgehead atoms. The number of thiazole rings is 1. The molecule has 24 heavy (non-hydrogen) atoms. The summed E-state index contributed by atoms with van der Waals surface area (Å²) in [5.74, 6) is 0.753. The van der Waals surface area contributed by atoms with Gasteiger partial charge in [-0.1, -0.05) is 43.3 Å². The van der Waals surface area contributed by atoms with E-state index in [0.717, 1.165) is 35.1 Å². The molecule has 0 aliphatic heterocycles. The van der Waals surface area contributed by atoms with Gasteiger partial charge in [-0.3, -0.25) is 5.43 Å². The lowest BCUT2D eigenvalue weighted by Gasteiger charge is -2.18. The Morgan fingerprint density at radius 1 is 1.17 bits per heavy atom. The molecular formula is C20H21N3S. The first-order valence-corrected chi connectivity index (χ1v) is 9.42. The summed E-state index contributed by atoms with van der Waals surface area (Å²) in [6.45, 7) is 2.30. The number of hydrogen-bond acceptors (Lipinski definition) is 4. The van der Waals surface area contributed by atoms with E-state index in [9.17, 15) is 0 Å². The van der Waals surface area contributed by atoms with Crippen molar-refractivity contribution in [2.75, 3.05) is 5.43 Å². The summed E-state index contributed by atoms with van der Waals surface area (Å²) in [6, 6.07) is 14.9. The van der Waals surface area contributed by atoms with Gasteiger partial charge in [-0.05, 0) is 48.4 Å². The van der Waals surface area contributed by atoms with Gasteiger partial charge in [0.1, 0.15) is 0 Å². The van der Waals surface area contributed by atoms with E-state index in [1.807, 2.05) is 0 Å². The van der Waals surface area contributed by atoms with Crippen LogP contribution in [0.25, 0.3) is 22.0 Å². The number of rotatable bonds is 3. The summed E-state index contributed by atoms with van der Waals surface area (Å²) in [5, 5.41) is 10.0. The topological polar surface area (TPSA) is 37.3 Å². The van der Waals surface area contributed by atoms with Gasteiger partial charge in [0.15, 0.2) is 0 Å². The maximum absolute atomic E-state index is 4.69. The van der Waals surface area contributed by atoms with Crippen molar-refractivity contribution in [3.8, 4) is 11.3 Å². The Morgan fingerprint density at radius 2 is 2.04 bits per heavy atom. The predicted octanol–water partition coefficient (Wildman–Crippen LogP) is 5.94. The summed E-state index contributed by atoms with van der Waals surface area (Å²) < 4.78 is 0. The molecule has 0 spiro atoms. The Balaban J connectivity index is 1.52. The molecule has 1 N–H and O–H groups in total. The van der Waals surface area contributed by atoms with Gasteiger partial charge >= 0.3 is 0 Å². The summed E-state index contributed by atoms with van der Waals surface area (Å²) >= 11 is 1.61. The molecule has 1 fully saturated rings. The molecule has 122 valence electrons. The van der Waals surface area contributed by atoms with Gasteiger partial charge < -0.3 is 0 Å². The van der Waals surface area contributed by atoms with Gasteiger partial charge in [0.05, 0.1) is 5.69 Å². The van der Waals surface area contributed by atoms with Crippen LogP contribution >= 0.6 is 11.3 Å². The molecule has 3 aromatic rings. The number of nitrogens with zero attached hydrogens (tertiary/aromatic N) is 2. The van der Waals surface area contributed by atoms with Crippen LogP contribution in [0.2, 0.25) is 0 Å². The van der Waals surface area contributed by atoms with E-state index in [1.165, 1.54) is 29.3 Å². The fraction of sp³-hybridized carbons (Fsp3) is 0.300. The Kier molecular flexibility index (Phi) is 4.30. The van der Waals surface area contributed by atoms with Crippen molar-refractivity contribution in [3.63, 3.8) is 0 Å². The van der Waals surface area contributed by atoms with Crippen molar-refractivity contribution in [1.29, 1.82) is 0 Å². The second-order valence-corrected chi connectivity index (χ2v) is 7.45. The lowest BCUT2D eigenvalue weighted by atomic mass is 9.89. The molecular weight excluding hydrogens is 314 g/mol. The molecule has 1 unspecified atom stereocenters. The number of fused-ring (bicyclic) bond motifs is 1. The van der Waals surface area contributed by atoms with Gasteiger partial charge in [-0.25, -0.2) is 4.98 Å². The minimum Gasteiger partial charge on any atom is -0.253 e. The number of nitrogens with one attached hydrogen (secondary N) is 1. The van der Waals surface area contributed by atoms with Crippen LogP contribution in [0.3, 0.4) is 0 Å². The highest BCUT2D eigenvalue weighted by Crippen LogP contribution is 2.28. The second-order valence-electron chi connectivity index (χ2n) is 6.59. The Labute approximate surface area is 146 Å². The molecule has 1 aliphatic rings. The maximum atomic E-state index is 4.69. The van der Waals surface area contributed by atoms with E-state index >= 15 is 0 Å². The normalized spacial score (nSPS) is 19.7. The summed E-state index contributed by atoms with van der Waals surface area (Å²) in [6.07, 6.45) is 4.79. The lowest BCUT2D eigenvalue weighted by Crippen LogP contribution is -2.13. The minimum absolute atomic E-state index is 0.753. The standard InChI is InChI=1S/C20H21N3S/c1-14-5-4-8-18(11-14)22-23-20-21-19(13-24-20)17-10-9-15-6-2-3-7-16(15)12-17/h2-3,6-7,9-10,12-14H,4-5,8,11H2,1H3,(H,21,23)/b22-18+. The summed E-state index contributed by atoms with van der Waals surface area (Å²) in [7, 11) is 0. The molecule has 3 nitrogen and oxygen atoms in total. The van der Waals surface area contributed by atoms with E-state index in [2.05, 4.69) is 65.3 Å². The van der Waals surface area contributed by atoms with Crippen molar-refractivity contribution in [2.45, 2.75) is 32.6 Å². The van der Waals surface area contributed by atoms with Gasteiger partial charge in [0, 0.05) is 16.7 Å². The Morgan fingerprint density at radius 3 is 2.92 bits per heavy atom. The molecule has 2 aromatic carbocycles. The molecule has 1 saturated carbocycles. The monoisotopic (exact) mass is 335 g/mol. The minimum atomic E-state index is 0.753. The largest absolute Gasteiger partial charge is 0.253 e. The highest BCUT2D eigenvalue weighted by atomic mass is 32.1. The summed E-state index contributed by atoms with van der Waals surface area (Å²) in [4.78, 5) is 4.69. The molecule has 0 amide bonds. The van der Waals surface area contributed by atoms with Crippen LogP contribution in [-0.4, -0.2) is 10.7 Å². The van der Waals surface area contributed by atoms with Crippen molar-refractivity contribution in [2.24, 2.45) is 11.0 Å². The molecule has 4 heteroatoms.